The number of sulfonamides is 1. The second-order valence-electron chi connectivity index (χ2n) is 9.53. The van der Waals surface area contributed by atoms with Crippen LogP contribution in [0.25, 0.3) is 0 Å². The molecular formula is C23H31N5O4S. The van der Waals surface area contributed by atoms with Gasteiger partial charge in [-0.25, -0.2) is 9.71 Å². The molecule has 2 aromatic rings. The summed E-state index contributed by atoms with van der Waals surface area (Å²) in [6.07, 6.45) is 3.58. The van der Waals surface area contributed by atoms with E-state index in [2.05, 4.69) is 45.7 Å². The van der Waals surface area contributed by atoms with Crippen LogP contribution in [-0.4, -0.2) is 56.1 Å². The first-order valence-electron chi connectivity index (χ1n) is 11.3. The molecule has 4 rings (SSSR count). The monoisotopic (exact) mass is 473 g/mol. The summed E-state index contributed by atoms with van der Waals surface area (Å²) >= 11 is 0. The molecule has 0 radical (unpaired) electrons. The van der Waals surface area contributed by atoms with Crippen molar-refractivity contribution in [1.82, 2.24) is 20.0 Å². The molecule has 0 saturated carbocycles. The van der Waals surface area contributed by atoms with Gasteiger partial charge in [0.1, 0.15) is 5.82 Å². The minimum Gasteiger partial charge on any atom is -0.477 e. The van der Waals surface area contributed by atoms with Gasteiger partial charge in [0, 0.05) is 36.8 Å². The highest BCUT2D eigenvalue weighted by molar-refractivity contribution is 7.90. The lowest BCUT2D eigenvalue weighted by Crippen LogP contribution is -2.41. The Balaban J connectivity index is 1.51. The lowest BCUT2D eigenvalue weighted by atomic mass is 9.97. The molecule has 10 heteroatoms. The lowest BCUT2D eigenvalue weighted by molar-refractivity contribution is 0.0981. The zero-order valence-corrected chi connectivity index (χ0v) is 20.1. The third kappa shape index (κ3) is 5.27. The van der Waals surface area contributed by atoms with Gasteiger partial charge in [0.2, 0.25) is 5.88 Å². The summed E-state index contributed by atoms with van der Waals surface area (Å²) in [6, 6.07) is 7.73. The normalized spacial score (nSPS) is 22.3. The van der Waals surface area contributed by atoms with Gasteiger partial charge in [-0.05, 0) is 57.4 Å². The van der Waals surface area contributed by atoms with Gasteiger partial charge in [-0.1, -0.05) is 13.0 Å². The molecule has 0 aromatic carbocycles. The number of pyridine rings is 2. The first-order valence-corrected chi connectivity index (χ1v) is 12.7. The van der Waals surface area contributed by atoms with E-state index in [1.165, 1.54) is 6.07 Å². The predicted octanol–water partition coefficient (Wildman–Crippen LogP) is 2.21. The summed E-state index contributed by atoms with van der Waals surface area (Å²) in [5, 5.41) is 3.00. The van der Waals surface area contributed by atoms with Gasteiger partial charge in [-0.2, -0.15) is 13.4 Å². The molecule has 4 heterocycles. The Kier molecular flexibility index (Phi) is 6.58. The van der Waals surface area contributed by atoms with Gasteiger partial charge in [0.15, 0.2) is 5.03 Å². The van der Waals surface area contributed by atoms with Crippen LogP contribution in [0.3, 0.4) is 0 Å². The molecule has 0 spiro atoms. The van der Waals surface area contributed by atoms with Crippen LogP contribution in [-0.2, 0) is 10.0 Å². The quantitative estimate of drug-likeness (QED) is 0.629. The van der Waals surface area contributed by atoms with Crippen molar-refractivity contribution >= 4 is 21.7 Å². The third-order valence-corrected chi connectivity index (χ3v) is 7.42. The minimum absolute atomic E-state index is 0.191. The van der Waals surface area contributed by atoms with Crippen molar-refractivity contribution in [1.29, 1.82) is 0 Å². The van der Waals surface area contributed by atoms with Crippen LogP contribution in [0.5, 0.6) is 5.88 Å². The zero-order valence-electron chi connectivity index (χ0n) is 19.2. The summed E-state index contributed by atoms with van der Waals surface area (Å²) in [4.78, 5) is 23.7. The first-order chi connectivity index (χ1) is 15.7. The molecule has 9 nitrogen and oxygen atoms in total. The fraction of sp³-hybridized carbons (Fsp3) is 0.522. The molecule has 2 N–H and O–H groups in total. The molecule has 0 bridgehead atoms. The number of ether oxygens (including phenoxy) is 1. The molecule has 2 unspecified atom stereocenters. The smallest absolute Gasteiger partial charge is 0.281 e. The average Bonchev–Trinajstić information content (AvgIpc) is 3.38. The molecule has 1 amide bonds. The van der Waals surface area contributed by atoms with Crippen LogP contribution < -0.4 is 19.7 Å². The summed E-state index contributed by atoms with van der Waals surface area (Å²) in [7, 11) is -4.20. The number of amides is 1. The van der Waals surface area contributed by atoms with Crippen molar-refractivity contribution in [2.45, 2.75) is 44.2 Å². The fourth-order valence-corrected chi connectivity index (χ4v) is 5.59. The number of hydrogen-bond acceptors (Lipinski definition) is 8. The number of carbonyl (C=O) groups is 1. The van der Waals surface area contributed by atoms with Crippen LogP contribution in [0.1, 0.15) is 44.0 Å². The number of aromatic nitrogens is 2. The molecule has 178 valence electrons. The summed E-state index contributed by atoms with van der Waals surface area (Å²) in [6.45, 7) is 9.37. The molecule has 2 aliphatic heterocycles. The Morgan fingerprint density at radius 2 is 2.12 bits per heavy atom. The standard InChI is InChI=1S/C23H31N5O4S/c1-16-12-23(2,3)28(14-16)21-18(6-5-10-25-21)22(29)27-33(30,31)20-8-4-7-19(26-20)32-15-17-9-11-24-13-17/h4-8,10,16-17,24H,9,11-15H2,1-3H3,(H,27,29). The van der Waals surface area contributed by atoms with Gasteiger partial charge in [0.05, 0.1) is 12.2 Å². The van der Waals surface area contributed by atoms with Crippen molar-refractivity contribution in [3.63, 3.8) is 0 Å². The molecule has 2 aromatic heterocycles. The highest BCUT2D eigenvalue weighted by Crippen LogP contribution is 2.37. The average molecular weight is 474 g/mol. The van der Waals surface area contributed by atoms with Crippen molar-refractivity contribution < 1.29 is 17.9 Å². The molecule has 33 heavy (non-hydrogen) atoms. The third-order valence-electron chi connectivity index (χ3n) is 6.19. The number of nitrogens with zero attached hydrogens (tertiary/aromatic N) is 3. The van der Waals surface area contributed by atoms with Gasteiger partial charge in [-0.15, -0.1) is 0 Å². The van der Waals surface area contributed by atoms with E-state index in [0.717, 1.165) is 32.5 Å². The molecule has 2 saturated heterocycles. The van der Waals surface area contributed by atoms with Crippen LogP contribution in [0.2, 0.25) is 0 Å². The number of rotatable bonds is 7. The number of carbonyl (C=O) groups excluding carboxylic acids is 1. The molecule has 2 fully saturated rings. The Hall–Kier alpha value is -2.72. The van der Waals surface area contributed by atoms with E-state index >= 15 is 0 Å². The summed E-state index contributed by atoms with van der Waals surface area (Å²) < 4.78 is 33.7. The zero-order chi connectivity index (χ0) is 23.6. The van der Waals surface area contributed by atoms with E-state index in [4.69, 9.17) is 4.74 Å². The predicted molar refractivity (Wildman–Crippen MR) is 125 cm³/mol. The maximum atomic E-state index is 13.1. The number of anilines is 1. The van der Waals surface area contributed by atoms with Gasteiger partial charge in [0.25, 0.3) is 15.9 Å². The van der Waals surface area contributed by atoms with Crippen molar-refractivity contribution in [2.24, 2.45) is 11.8 Å². The van der Waals surface area contributed by atoms with Crippen molar-refractivity contribution in [2.75, 3.05) is 31.1 Å². The van der Waals surface area contributed by atoms with E-state index in [1.807, 2.05) is 0 Å². The van der Waals surface area contributed by atoms with E-state index in [0.29, 0.717) is 24.3 Å². The van der Waals surface area contributed by atoms with Crippen LogP contribution in [0, 0.1) is 11.8 Å². The lowest BCUT2D eigenvalue weighted by Gasteiger charge is -2.33. The van der Waals surface area contributed by atoms with E-state index < -0.39 is 15.9 Å². The van der Waals surface area contributed by atoms with Crippen LogP contribution in [0.4, 0.5) is 5.82 Å². The largest absolute Gasteiger partial charge is 0.477 e. The maximum Gasteiger partial charge on any atom is 0.281 e. The molecular weight excluding hydrogens is 442 g/mol. The SMILES string of the molecule is CC1CN(c2ncccc2C(=O)NS(=O)(=O)c2cccc(OCC3CCNC3)n2)C(C)(C)C1. The number of nitrogens with one attached hydrogen (secondary N) is 2. The van der Waals surface area contributed by atoms with Gasteiger partial charge >= 0.3 is 0 Å². The Morgan fingerprint density at radius 1 is 1.30 bits per heavy atom. The van der Waals surface area contributed by atoms with Crippen LogP contribution in [0.15, 0.2) is 41.6 Å². The summed E-state index contributed by atoms with van der Waals surface area (Å²) in [5.74, 6) is 0.766. The topological polar surface area (TPSA) is 114 Å². The highest BCUT2D eigenvalue weighted by atomic mass is 32.2. The van der Waals surface area contributed by atoms with E-state index in [1.54, 1.807) is 30.5 Å². The van der Waals surface area contributed by atoms with E-state index in [9.17, 15) is 13.2 Å². The molecule has 2 atom stereocenters. The van der Waals surface area contributed by atoms with Gasteiger partial charge < -0.3 is 15.0 Å². The Labute approximate surface area is 195 Å². The van der Waals surface area contributed by atoms with Gasteiger partial charge in [-0.3, -0.25) is 4.79 Å². The maximum absolute atomic E-state index is 13.1. The van der Waals surface area contributed by atoms with E-state index in [-0.39, 0.29) is 22.0 Å². The molecule has 0 aliphatic carbocycles. The first kappa shape index (κ1) is 23.4. The van der Waals surface area contributed by atoms with Crippen molar-refractivity contribution in [3.8, 4) is 5.88 Å². The Morgan fingerprint density at radius 3 is 2.82 bits per heavy atom. The second kappa shape index (κ2) is 9.26. The number of hydrogen-bond donors (Lipinski definition) is 2. The van der Waals surface area contributed by atoms with Crippen LogP contribution >= 0.6 is 0 Å². The molecule has 2 aliphatic rings. The Bertz CT molecular complexity index is 1120. The summed E-state index contributed by atoms with van der Waals surface area (Å²) in [5.41, 5.74) is 0.0217. The minimum atomic E-state index is -4.20. The fourth-order valence-electron chi connectivity index (χ4n) is 4.66. The highest BCUT2D eigenvalue weighted by Gasteiger charge is 2.39. The second-order valence-corrected chi connectivity index (χ2v) is 11.2. The van der Waals surface area contributed by atoms with Crippen molar-refractivity contribution in [3.05, 3.63) is 42.1 Å².